The van der Waals surface area contributed by atoms with E-state index < -0.39 is 0 Å². The van der Waals surface area contributed by atoms with Crippen molar-refractivity contribution in [1.82, 2.24) is 5.16 Å². The topological polar surface area (TPSA) is 61.3 Å². The van der Waals surface area contributed by atoms with Gasteiger partial charge in [-0.15, -0.1) is 0 Å². The third kappa shape index (κ3) is 2.46. The molecule has 19 heavy (non-hydrogen) atoms. The van der Waals surface area contributed by atoms with Gasteiger partial charge < -0.3 is 15.0 Å². The van der Waals surface area contributed by atoms with E-state index in [0.717, 1.165) is 36.3 Å². The fourth-order valence-corrected chi connectivity index (χ4v) is 2.58. The molecule has 2 heterocycles. The Bertz CT molecular complexity index is 559. The number of nitrogens with zero attached hydrogens (tertiary/aromatic N) is 1. The molecule has 1 aliphatic heterocycles. The van der Waals surface area contributed by atoms with E-state index in [0.29, 0.717) is 17.5 Å². The van der Waals surface area contributed by atoms with Crippen molar-refractivity contribution in [1.29, 1.82) is 0 Å². The number of nitrogen functional groups attached to an aromatic ring is 1. The van der Waals surface area contributed by atoms with E-state index in [1.54, 1.807) is 0 Å². The van der Waals surface area contributed by atoms with E-state index in [2.05, 4.69) is 5.16 Å². The van der Waals surface area contributed by atoms with Crippen molar-refractivity contribution in [2.45, 2.75) is 18.8 Å². The van der Waals surface area contributed by atoms with E-state index in [9.17, 15) is 0 Å². The summed E-state index contributed by atoms with van der Waals surface area (Å²) < 4.78 is 10.7. The average Bonchev–Trinajstić information content (AvgIpc) is 2.83. The first-order chi connectivity index (χ1) is 9.25. The van der Waals surface area contributed by atoms with Gasteiger partial charge in [-0.2, -0.15) is 0 Å². The van der Waals surface area contributed by atoms with Crippen molar-refractivity contribution in [3.8, 4) is 11.1 Å². The molecule has 4 nitrogen and oxygen atoms in total. The summed E-state index contributed by atoms with van der Waals surface area (Å²) in [6.45, 7) is 1.49. The van der Waals surface area contributed by atoms with Crippen LogP contribution < -0.4 is 5.73 Å². The molecule has 1 aromatic carbocycles. The Hall–Kier alpha value is -1.52. The third-order valence-electron chi connectivity index (χ3n) is 3.42. The highest BCUT2D eigenvalue weighted by molar-refractivity contribution is 6.30. The summed E-state index contributed by atoms with van der Waals surface area (Å²) in [7, 11) is 0. The molecule has 1 aromatic heterocycles. The van der Waals surface area contributed by atoms with Gasteiger partial charge in [0.1, 0.15) is 0 Å². The molecule has 1 atom stereocenters. The van der Waals surface area contributed by atoms with Crippen LogP contribution in [0, 0.1) is 0 Å². The smallest absolute Gasteiger partial charge is 0.230 e. The normalized spacial score (nSPS) is 19.5. The maximum absolute atomic E-state index is 5.92. The molecule has 1 saturated heterocycles. The first-order valence-electron chi connectivity index (χ1n) is 6.34. The Labute approximate surface area is 116 Å². The summed E-state index contributed by atoms with van der Waals surface area (Å²) in [6.07, 6.45) is 2.09. The van der Waals surface area contributed by atoms with Gasteiger partial charge in [0.15, 0.2) is 0 Å². The van der Waals surface area contributed by atoms with Gasteiger partial charge in [-0.3, -0.25) is 0 Å². The molecule has 0 aliphatic carbocycles. The molecule has 0 spiro atoms. The van der Waals surface area contributed by atoms with Gasteiger partial charge in [-0.25, -0.2) is 0 Å². The second-order valence-corrected chi connectivity index (χ2v) is 5.16. The standard InChI is InChI=1S/C14H15ClN2O2/c15-11-5-3-9(4-6-11)12-13(17-19-14(12)16)10-2-1-7-18-8-10/h3-6,10H,1-2,7-8,16H2. The highest BCUT2D eigenvalue weighted by atomic mass is 35.5. The Kier molecular flexibility index (Phi) is 3.44. The Morgan fingerprint density at radius 1 is 1.26 bits per heavy atom. The highest BCUT2D eigenvalue weighted by Gasteiger charge is 2.25. The zero-order chi connectivity index (χ0) is 13.2. The lowest BCUT2D eigenvalue weighted by Crippen LogP contribution is -2.16. The highest BCUT2D eigenvalue weighted by Crippen LogP contribution is 2.37. The van der Waals surface area contributed by atoms with E-state index in [1.165, 1.54) is 0 Å². The summed E-state index contributed by atoms with van der Waals surface area (Å²) in [5.74, 6) is 0.600. The van der Waals surface area contributed by atoms with Gasteiger partial charge in [-0.1, -0.05) is 28.9 Å². The van der Waals surface area contributed by atoms with Crippen LogP contribution >= 0.6 is 11.6 Å². The summed E-state index contributed by atoms with van der Waals surface area (Å²) in [5.41, 5.74) is 8.65. The number of hydrogen-bond donors (Lipinski definition) is 1. The minimum Gasteiger partial charge on any atom is -0.381 e. The summed E-state index contributed by atoms with van der Waals surface area (Å²) in [5, 5.41) is 4.82. The minimum absolute atomic E-state index is 0.250. The van der Waals surface area contributed by atoms with Crippen LogP contribution in [0.1, 0.15) is 24.5 Å². The van der Waals surface area contributed by atoms with Crippen molar-refractivity contribution in [3.63, 3.8) is 0 Å². The van der Waals surface area contributed by atoms with Crippen LogP contribution in [0.4, 0.5) is 5.88 Å². The van der Waals surface area contributed by atoms with Gasteiger partial charge in [0, 0.05) is 17.5 Å². The fraction of sp³-hybridized carbons (Fsp3) is 0.357. The first-order valence-corrected chi connectivity index (χ1v) is 6.72. The maximum Gasteiger partial charge on any atom is 0.230 e. The molecule has 0 amide bonds. The molecular weight excluding hydrogens is 264 g/mol. The number of hydrogen-bond acceptors (Lipinski definition) is 4. The Morgan fingerprint density at radius 3 is 2.74 bits per heavy atom. The van der Waals surface area contributed by atoms with Gasteiger partial charge >= 0.3 is 0 Å². The van der Waals surface area contributed by atoms with Crippen LogP contribution in [0.15, 0.2) is 28.8 Å². The SMILES string of the molecule is Nc1onc(C2CCCOC2)c1-c1ccc(Cl)cc1. The molecular formula is C14H15ClN2O2. The number of ether oxygens (including phenoxy) is 1. The van der Waals surface area contributed by atoms with E-state index >= 15 is 0 Å². The van der Waals surface area contributed by atoms with Crippen molar-refractivity contribution in [3.05, 3.63) is 35.0 Å². The molecule has 2 N–H and O–H groups in total. The zero-order valence-corrected chi connectivity index (χ0v) is 11.2. The van der Waals surface area contributed by atoms with Crippen LogP contribution in [-0.2, 0) is 4.74 Å². The maximum atomic E-state index is 5.92. The summed E-state index contributed by atoms with van der Waals surface area (Å²) >= 11 is 5.91. The van der Waals surface area contributed by atoms with Crippen molar-refractivity contribution in [2.24, 2.45) is 0 Å². The Morgan fingerprint density at radius 2 is 2.05 bits per heavy atom. The third-order valence-corrected chi connectivity index (χ3v) is 3.68. The van der Waals surface area contributed by atoms with Crippen LogP contribution in [0.3, 0.4) is 0 Å². The van der Waals surface area contributed by atoms with E-state index in [-0.39, 0.29) is 5.92 Å². The number of halogens is 1. The van der Waals surface area contributed by atoms with Gasteiger partial charge in [0.25, 0.3) is 0 Å². The van der Waals surface area contributed by atoms with E-state index in [4.69, 9.17) is 26.6 Å². The van der Waals surface area contributed by atoms with Crippen LogP contribution in [0.25, 0.3) is 11.1 Å². The molecule has 100 valence electrons. The molecule has 1 fully saturated rings. The predicted molar refractivity (Wildman–Crippen MR) is 74.2 cm³/mol. The second-order valence-electron chi connectivity index (χ2n) is 4.73. The van der Waals surface area contributed by atoms with Crippen molar-refractivity contribution in [2.75, 3.05) is 18.9 Å². The molecule has 1 aliphatic rings. The lowest BCUT2D eigenvalue weighted by atomic mass is 9.93. The molecule has 0 radical (unpaired) electrons. The number of benzene rings is 1. The van der Waals surface area contributed by atoms with E-state index in [1.807, 2.05) is 24.3 Å². The quantitative estimate of drug-likeness (QED) is 0.914. The molecule has 1 unspecified atom stereocenters. The molecule has 5 heteroatoms. The molecule has 2 aromatic rings. The number of anilines is 1. The molecule has 0 saturated carbocycles. The monoisotopic (exact) mass is 278 g/mol. The summed E-state index contributed by atoms with van der Waals surface area (Å²) in [4.78, 5) is 0. The molecule has 3 rings (SSSR count). The fourth-order valence-electron chi connectivity index (χ4n) is 2.46. The summed E-state index contributed by atoms with van der Waals surface area (Å²) in [6, 6.07) is 7.53. The van der Waals surface area contributed by atoms with Crippen molar-refractivity contribution < 1.29 is 9.26 Å². The first kappa shape index (κ1) is 12.5. The van der Waals surface area contributed by atoms with Crippen LogP contribution in [0.5, 0.6) is 0 Å². The molecule has 0 bridgehead atoms. The van der Waals surface area contributed by atoms with Crippen LogP contribution in [-0.4, -0.2) is 18.4 Å². The van der Waals surface area contributed by atoms with Crippen molar-refractivity contribution >= 4 is 17.5 Å². The predicted octanol–water partition coefficient (Wildman–Crippen LogP) is 3.47. The van der Waals surface area contributed by atoms with Crippen LogP contribution in [0.2, 0.25) is 5.02 Å². The minimum atomic E-state index is 0.250. The Balaban J connectivity index is 2.00. The lowest BCUT2D eigenvalue weighted by Gasteiger charge is -2.20. The zero-order valence-electron chi connectivity index (χ0n) is 10.4. The lowest BCUT2D eigenvalue weighted by molar-refractivity contribution is 0.0785. The largest absolute Gasteiger partial charge is 0.381 e. The average molecular weight is 279 g/mol. The van der Waals surface area contributed by atoms with Gasteiger partial charge in [-0.05, 0) is 30.5 Å². The van der Waals surface area contributed by atoms with Gasteiger partial charge in [0.2, 0.25) is 5.88 Å². The number of nitrogens with two attached hydrogens (primary N) is 1. The second kappa shape index (κ2) is 5.23. The van der Waals surface area contributed by atoms with Gasteiger partial charge in [0.05, 0.1) is 17.9 Å². The number of aromatic nitrogens is 1. The number of rotatable bonds is 2.